The molecule has 0 aliphatic heterocycles. The van der Waals surface area contributed by atoms with Crippen LogP contribution in [-0.2, 0) is 4.79 Å². The van der Waals surface area contributed by atoms with E-state index >= 15 is 0 Å². The molecular weight excluding hydrogens is 367 g/mol. The molecule has 29 heavy (non-hydrogen) atoms. The number of anilines is 3. The molecule has 144 valence electrons. The van der Waals surface area contributed by atoms with E-state index in [2.05, 4.69) is 15.3 Å². The Bertz CT molecular complexity index is 1180. The Kier molecular flexibility index (Phi) is 4.91. The first-order valence-corrected chi connectivity index (χ1v) is 9.16. The summed E-state index contributed by atoms with van der Waals surface area (Å²) < 4.78 is 13.4. The summed E-state index contributed by atoms with van der Waals surface area (Å²) in [5.74, 6) is 0.344. The second kappa shape index (κ2) is 7.67. The zero-order valence-corrected chi connectivity index (χ0v) is 16.1. The number of rotatable bonds is 4. The van der Waals surface area contributed by atoms with Crippen molar-refractivity contribution in [2.24, 2.45) is 0 Å². The van der Waals surface area contributed by atoms with Crippen molar-refractivity contribution in [2.75, 3.05) is 17.3 Å². The number of nitrogens with one attached hydrogen (secondary N) is 1. The molecule has 1 amide bonds. The summed E-state index contributed by atoms with van der Waals surface area (Å²) >= 11 is 0. The van der Waals surface area contributed by atoms with E-state index in [0.29, 0.717) is 11.3 Å². The first-order chi connectivity index (χ1) is 14.0. The van der Waals surface area contributed by atoms with Crippen LogP contribution in [-0.4, -0.2) is 22.9 Å². The van der Waals surface area contributed by atoms with E-state index in [1.807, 2.05) is 60.5 Å². The minimum absolute atomic E-state index is 0.235. The van der Waals surface area contributed by atoms with E-state index in [1.54, 1.807) is 12.1 Å². The third kappa shape index (κ3) is 3.78. The molecule has 0 unspecified atom stereocenters. The number of halogens is 1. The fourth-order valence-corrected chi connectivity index (χ4v) is 3.26. The fraction of sp³-hybridized carbons (Fsp3) is 0.0870. The van der Waals surface area contributed by atoms with Crippen LogP contribution < -0.4 is 10.2 Å². The van der Waals surface area contributed by atoms with Gasteiger partial charge in [0.05, 0.1) is 10.9 Å². The quantitative estimate of drug-likeness (QED) is 0.526. The Labute approximate surface area is 167 Å². The first kappa shape index (κ1) is 18.6. The van der Waals surface area contributed by atoms with Crippen LogP contribution in [0.15, 0.2) is 72.8 Å². The highest BCUT2D eigenvalue weighted by molar-refractivity contribution is 6.04. The Balaban J connectivity index is 1.99. The number of nitrogens with zero attached hydrogens (tertiary/aromatic N) is 3. The number of benzene rings is 3. The molecule has 4 rings (SSSR count). The monoisotopic (exact) mass is 386 g/mol. The molecule has 3 aromatic carbocycles. The third-order valence-electron chi connectivity index (χ3n) is 4.61. The van der Waals surface area contributed by atoms with Crippen LogP contribution in [0.4, 0.5) is 21.8 Å². The Hall–Kier alpha value is -3.80. The topological polar surface area (TPSA) is 58.1 Å². The van der Waals surface area contributed by atoms with Crippen LogP contribution in [0, 0.1) is 5.82 Å². The van der Waals surface area contributed by atoms with Gasteiger partial charge in [0.25, 0.3) is 0 Å². The average Bonchev–Trinajstić information content (AvgIpc) is 2.73. The van der Waals surface area contributed by atoms with Crippen LogP contribution in [0.3, 0.4) is 0 Å². The Morgan fingerprint density at radius 3 is 2.34 bits per heavy atom. The van der Waals surface area contributed by atoms with Gasteiger partial charge >= 0.3 is 0 Å². The predicted molar refractivity (Wildman–Crippen MR) is 114 cm³/mol. The van der Waals surface area contributed by atoms with Gasteiger partial charge in [-0.2, -0.15) is 4.98 Å². The summed E-state index contributed by atoms with van der Waals surface area (Å²) in [4.78, 5) is 22.7. The second-order valence-corrected chi connectivity index (χ2v) is 6.65. The SMILES string of the molecule is CC(=O)Nc1nc(N(C)c2ccccc2)c2c(-c3ccc(F)cc3)cccc2n1. The van der Waals surface area contributed by atoms with Gasteiger partial charge in [0, 0.05) is 19.7 Å². The van der Waals surface area contributed by atoms with E-state index in [0.717, 1.165) is 22.2 Å². The highest BCUT2D eigenvalue weighted by Crippen LogP contribution is 2.36. The van der Waals surface area contributed by atoms with Gasteiger partial charge in [-0.05, 0) is 41.5 Å². The molecule has 0 radical (unpaired) electrons. The van der Waals surface area contributed by atoms with Crippen LogP contribution in [0.25, 0.3) is 22.0 Å². The molecule has 4 aromatic rings. The van der Waals surface area contributed by atoms with Gasteiger partial charge in [-0.25, -0.2) is 9.37 Å². The maximum absolute atomic E-state index is 13.4. The normalized spacial score (nSPS) is 10.7. The third-order valence-corrected chi connectivity index (χ3v) is 4.61. The van der Waals surface area contributed by atoms with Crippen molar-refractivity contribution in [2.45, 2.75) is 6.92 Å². The van der Waals surface area contributed by atoms with E-state index in [4.69, 9.17) is 0 Å². The zero-order chi connectivity index (χ0) is 20.4. The molecule has 1 aromatic heterocycles. The van der Waals surface area contributed by atoms with Crippen molar-refractivity contribution in [1.29, 1.82) is 0 Å². The van der Waals surface area contributed by atoms with Gasteiger partial charge in [0.15, 0.2) is 0 Å². The van der Waals surface area contributed by atoms with Gasteiger partial charge in [0.1, 0.15) is 11.6 Å². The van der Waals surface area contributed by atoms with Crippen LogP contribution in [0.2, 0.25) is 0 Å². The number of amides is 1. The first-order valence-electron chi connectivity index (χ1n) is 9.16. The standard InChI is InChI=1S/C23H19FN4O/c1-15(29)25-23-26-20-10-6-9-19(16-11-13-17(24)14-12-16)21(20)22(27-23)28(2)18-7-4-3-5-8-18/h3-14H,1-2H3,(H,25,26,27,29). The molecule has 0 spiro atoms. The van der Waals surface area contributed by atoms with Gasteiger partial charge in [-0.1, -0.05) is 42.5 Å². The van der Waals surface area contributed by atoms with Crippen molar-refractivity contribution in [1.82, 2.24) is 9.97 Å². The minimum Gasteiger partial charge on any atom is -0.329 e. The lowest BCUT2D eigenvalue weighted by atomic mass is 10.0. The summed E-state index contributed by atoms with van der Waals surface area (Å²) in [5.41, 5.74) is 3.36. The summed E-state index contributed by atoms with van der Waals surface area (Å²) in [5, 5.41) is 3.49. The summed E-state index contributed by atoms with van der Waals surface area (Å²) in [6.45, 7) is 1.42. The number of aromatic nitrogens is 2. The average molecular weight is 386 g/mol. The molecule has 0 atom stereocenters. The van der Waals surface area contributed by atoms with Crippen molar-refractivity contribution in [3.05, 3.63) is 78.6 Å². The number of fused-ring (bicyclic) bond motifs is 1. The number of hydrogen-bond acceptors (Lipinski definition) is 4. The summed E-state index contributed by atoms with van der Waals surface area (Å²) in [6.07, 6.45) is 0. The molecule has 1 heterocycles. The largest absolute Gasteiger partial charge is 0.329 e. The number of hydrogen-bond donors (Lipinski definition) is 1. The predicted octanol–water partition coefficient (Wildman–Crippen LogP) is 5.16. The van der Waals surface area contributed by atoms with Crippen LogP contribution >= 0.6 is 0 Å². The molecule has 0 aliphatic carbocycles. The van der Waals surface area contributed by atoms with Crippen molar-refractivity contribution >= 4 is 34.3 Å². The highest BCUT2D eigenvalue weighted by atomic mass is 19.1. The minimum atomic E-state index is -0.292. The van der Waals surface area contributed by atoms with Gasteiger partial charge in [-0.15, -0.1) is 0 Å². The van der Waals surface area contributed by atoms with E-state index in [1.165, 1.54) is 19.1 Å². The lowest BCUT2D eigenvalue weighted by Gasteiger charge is -2.22. The lowest BCUT2D eigenvalue weighted by molar-refractivity contribution is -0.114. The zero-order valence-electron chi connectivity index (χ0n) is 16.1. The molecule has 0 fully saturated rings. The maximum Gasteiger partial charge on any atom is 0.231 e. The van der Waals surface area contributed by atoms with Crippen molar-refractivity contribution < 1.29 is 9.18 Å². The Morgan fingerprint density at radius 2 is 1.66 bits per heavy atom. The summed E-state index contributed by atoms with van der Waals surface area (Å²) in [6, 6.07) is 21.9. The second-order valence-electron chi connectivity index (χ2n) is 6.65. The molecule has 5 nitrogen and oxygen atoms in total. The smallest absolute Gasteiger partial charge is 0.231 e. The Morgan fingerprint density at radius 1 is 0.931 bits per heavy atom. The molecule has 1 N–H and O–H groups in total. The van der Waals surface area contributed by atoms with E-state index < -0.39 is 0 Å². The molecule has 0 saturated carbocycles. The van der Waals surface area contributed by atoms with Gasteiger partial charge in [-0.3, -0.25) is 10.1 Å². The number of para-hydroxylation sites is 1. The highest BCUT2D eigenvalue weighted by Gasteiger charge is 2.17. The van der Waals surface area contributed by atoms with E-state index in [-0.39, 0.29) is 17.7 Å². The van der Waals surface area contributed by atoms with Crippen LogP contribution in [0.1, 0.15) is 6.92 Å². The molecule has 0 aliphatic rings. The van der Waals surface area contributed by atoms with Crippen molar-refractivity contribution in [3.63, 3.8) is 0 Å². The number of carbonyl (C=O) groups excluding carboxylic acids is 1. The molecule has 0 saturated heterocycles. The lowest BCUT2D eigenvalue weighted by Crippen LogP contribution is -2.16. The molecule has 6 heteroatoms. The van der Waals surface area contributed by atoms with Crippen molar-refractivity contribution in [3.8, 4) is 11.1 Å². The van der Waals surface area contributed by atoms with Gasteiger partial charge in [0.2, 0.25) is 11.9 Å². The van der Waals surface area contributed by atoms with Crippen LogP contribution in [0.5, 0.6) is 0 Å². The maximum atomic E-state index is 13.4. The summed E-state index contributed by atoms with van der Waals surface area (Å²) in [7, 11) is 1.91. The number of carbonyl (C=O) groups is 1. The van der Waals surface area contributed by atoms with E-state index in [9.17, 15) is 9.18 Å². The fourth-order valence-electron chi connectivity index (χ4n) is 3.26. The van der Waals surface area contributed by atoms with Gasteiger partial charge < -0.3 is 4.90 Å². The molecule has 0 bridgehead atoms. The molecular formula is C23H19FN4O.